The van der Waals surface area contributed by atoms with Crippen molar-refractivity contribution in [3.8, 4) is 0 Å². The molecule has 1 rings (SSSR count). The molecule has 0 fully saturated rings. The van der Waals surface area contributed by atoms with Crippen LogP contribution in [0.1, 0.15) is 38.2 Å². The molecule has 4 N–H and O–H groups in total. The molecule has 5 heteroatoms. The zero-order valence-corrected chi connectivity index (χ0v) is 12.2. The van der Waals surface area contributed by atoms with Crippen molar-refractivity contribution in [3.63, 3.8) is 0 Å². The van der Waals surface area contributed by atoms with Crippen LogP contribution in [0.4, 0.5) is 11.4 Å². The summed E-state index contributed by atoms with van der Waals surface area (Å²) in [5, 5.41) is 5.63. The summed E-state index contributed by atoms with van der Waals surface area (Å²) < 4.78 is 0. The number of benzene rings is 1. The van der Waals surface area contributed by atoms with E-state index in [4.69, 9.17) is 5.73 Å². The van der Waals surface area contributed by atoms with E-state index in [-0.39, 0.29) is 18.2 Å². The molecule has 0 spiro atoms. The van der Waals surface area contributed by atoms with E-state index in [0.29, 0.717) is 24.3 Å². The Morgan fingerprint density at radius 1 is 1.15 bits per heavy atom. The standard InChI is InChI=1S/C15H23N3O2/c1-3-4-5-14(19)17-12-7-6-11(2)13(10-12)18-15(20)8-9-16/h6-7,10H,3-5,8-9,16H2,1-2H3,(H,17,19)(H,18,20). The topological polar surface area (TPSA) is 84.2 Å². The van der Waals surface area contributed by atoms with Crippen LogP contribution in [0.25, 0.3) is 0 Å². The minimum absolute atomic E-state index is 0.00469. The summed E-state index contributed by atoms with van der Waals surface area (Å²) in [5.41, 5.74) is 7.69. The molecule has 5 nitrogen and oxygen atoms in total. The van der Waals surface area contributed by atoms with Gasteiger partial charge in [0.25, 0.3) is 0 Å². The molecule has 0 unspecified atom stereocenters. The fourth-order valence-electron chi connectivity index (χ4n) is 1.74. The van der Waals surface area contributed by atoms with Gasteiger partial charge < -0.3 is 16.4 Å². The normalized spacial score (nSPS) is 10.2. The number of aryl methyl sites for hydroxylation is 1. The molecule has 0 aliphatic rings. The molecular formula is C15H23N3O2. The average Bonchev–Trinajstić information content (AvgIpc) is 2.40. The second-order valence-electron chi connectivity index (χ2n) is 4.77. The molecule has 0 saturated heterocycles. The fourth-order valence-corrected chi connectivity index (χ4v) is 1.74. The highest BCUT2D eigenvalue weighted by Gasteiger charge is 2.07. The van der Waals surface area contributed by atoms with Gasteiger partial charge in [-0.1, -0.05) is 19.4 Å². The summed E-state index contributed by atoms with van der Waals surface area (Å²) in [6.07, 6.45) is 2.66. The first-order valence-electron chi connectivity index (χ1n) is 6.97. The summed E-state index contributed by atoms with van der Waals surface area (Å²) in [4.78, 5) is 23.2. The monoisotopic (exact) mass is 277 g/mol. The number of unbranched alkanes of at least 4 members (excludes halogenated alkanes) is 1. The van der Waals surface area contributed by atoms with Gasteiger partial charge in [0.05, 0.1) is 0 Å². The predicted molar refractivity (Wildman–Crippen MR) is 81.6 cm³/mol. The van der Waals surface area contributed by atoms with E-state index in [1.807, 2.05) is 26.0 Å². The van der Waals surface area contributed by atoms with E-state index in [0.717, 1.165) is 18.4 Å². The van der Waals surface area contributed by atoms with Crippen molar-refractivity contribution >= 4 is 23.2 Å². The number of rotatable bonds is 7. The Morgan fingerprint density at radius 2 is 1.85 bits per heavy atom. The van der Waals surface area contributed by atoms with E-state index in [2.05, 4.69) is 10.6 Å². The lowest BCUT2D eigenvalue weighted by Gasteiger charge is -2.11. The number of carbonyl (C=O) groups is 2. The van der Waals surface area contributed by atoms with Crippen LogP contribution in [-0.2, 0) is 9.59 Å². The minimum Gasteiger partial charge on any atom is -0.330 e. The van der Waals surface area contributed by atoms with Crippen LogP contribution in [0.5, 0.6) is 0 Å². The lowest BCUT2D eigenvalue weighted by atomic mass is 10.1. The van der Waals surface area contributed by atoms with Gasteiger partial charge in [-0.15, -0.1) is 0 Å². The molecule has 1 aromatic carbocycles. The third kappa shape index (κ3) is 5.40. The van der Waals surface area contributed by atoms with Crippen LogP contribution < -0.4 is 16.4 Å². The zero-order chi connectivity index (χ0) is 15.0. The summed E-state index contributed by atoms with van der Waals surface area (Å²) in [6, 6.07) is 5.47. The highest BCUT2D eigenvalue weighted by atomic mass is 16.2. The average molecular weight is 277 g/mol. The van der Waals surface area contributed by atoms with Crippen LogP contribution in [0.3, 0.4) is 0 Å². The molecule has 0 saturated carbocycles. The molecule has 0 heterocycles. The van der Waals surface area contributed by atoms with Crippen molar-refractivity contribution in [2.45, 2.75) is 39.5 Å². The maximum atomic E-state index is 11.7. The summed E-state index contributed by atoms with van der Waals surface area (Å²) in [6.45, 7) is 4.27. The van der Waals surface area contributed by atoms with E-state index in [1.54, 1.807) is 6.07 Å². The number of hydrogen-bond acceptors (Lipinski definition) is 3. The maximum Gasteiger partial charge on any atom is 0.225 e. The van der Waals surface area contributed by atoms with Gasteiger partial charge in [-0.05, 0) is 31.0 Å². The highest BCUT2D eigenvalue weighted by Crippen LogP contribution is 2.20. The summed E-state index contributed by atoms with van der Waals surface area (Å²) >= 11 is 0. The molecule has 0 aliphatic carbocycles. The second kappa shape index (κ2) is 8.32. The van der Waals surface area contributed by atoms with E-state index in [9.17, 15) is 9.59 Å². The van der Waals surface area contributed by atoms with Crippen LogP contribution in [0.2, 0.25) is 0 Å². The van der Waals surface area contributed by atoms with Crippen molar-refractivity contribution in [1.29, 1.82) is 0 Å². The first-order chi connectivity index (χ1) is 9.56. The number of nitrogens with one attached hydrogen (secondary N) is 2. The zero-order valence-electron chi connectivity index (χ0n) is 12.2. The van der Waals surface area contributed by atoms with Gasteiger partial charge in [0.2, 0.25) is 11.8 Å². The lowest BCUT2D eigenvalue weighted by Crippen LogP contribution is -2.17. The van der Waals surface area contributed by atoms with Gasteiger partial charge in [0, 0.05) is 30.8 Å². The number of hydrogen-bond donors (Lipinski definition) is 3. The van der Waals surface area contributed by atoms with Crippen LogP contribution >= 0.6 is 0 Å². The second-order valence-corrected chi connectivity index (χ2v) is 4.77. The quantitative estimate of drug-likeness (QED) is 0.715. The van der Waals surface area contributed by atoms with Crippen LogP contribution in [0, 0.1) is 6.92 Å². The van der Waals surface area contributed by atoms with Crippen LogP contribution in [-0.4, -0.2) is 18.4 Å². The SMILES string of the molecule is CCCCC(=O)Nc1ccc(C)c(NC(=O)CCN)c1. The molecule has 0 bridgehead atoms. The Balaban J connectivity index is 2.70. The number of nitrogens with two attached hydrogens (primary N) is 1. The van der Waals surface area contributed by atoms with Gasteiger partial charge in [0.15, 0.2) is 0 Å². The molecular weight excluding hydrogens is 254 g/mol. The van der Waals surface area contributed by atoms with Gasteiger partial charge >= 0.3 is 0 Å². The summed E-state index contributed by atoms with van der Waals surface area (Å²) in [5.74, 6) is -0.125. The van der Waals surface area contributed by atoms with E-state index in [1.165, 1.54) is 0 Å². The Bertz CT molecular complexity index is 472. The first kappa shape index (κ1) is 16.2. The Kier molecular flexibility index (Phi) is 6.73. The molecule has 0 atom stereocenters. The minimum atomic E-state index is -0.120. The molecule has 20 heavy (non-hydrogen) atoms. The molecule has 0 aromatic heterocycles. The van der Waals surface area contributed by atoms with Crippen molar-refractivity contribution in [2.24, 2.45) is 5.73 Å². The van der Waals surface area contributed by atoms with E-state index >= 15 is 0 Å². The van der Waals surface area contributed by atoms with E-state index < -0.39 is 0 Å². The number of amides is 2. The predicted octanol–water partition coefficient (Wildman–Crippen LogP) is 2.41. The Labute approximate surface area is 119 Å². The highest BCUT2D eigenvalue weighted by molar-refractivity contribution is 5.94. The van der Waals surface area contributed by atoms with Gasteiger partial charge in [-0.2, -0.15) is 0 Å². The Morgan fingerprint density at radius 3 is 2.50 bits per heavy atom. The lowest BCUT2D eigenvalue weighted by molar-refractivity contribution is -0.116. The third-order valence-corrected chi connectivity index (χ3v) is 2.92. The fraction of sp³-hybridized carbons (Fsp3) is 0.467. The molecule has 1 aromatic rings. The van der Waals surface area contributed by atoms with Gasteiger partial charge in [-0.25, -0.2) is 0 Å². The Hall–Kier alpha value is -1.88. The van der Waals surface area contributed by atoms with Crippen molar-refractivity contribution in [1.82, 2.24) is 0 Å². The molecule has 2 amide bonds. The smallest absolute Gasteiger partial charge is 0.225 e. The summed E-state index contributed by atoms with van der Waals surface area (Å²) in [7, 11) is 0. The van der Waals surface area contributed by atoms with Crippen molar-refractivity contribution < 1.29 is 9.59 Å². The maximum absolute atomic E-state index is 11.7. The van der Waals surface area contributed by atoms with Gasteiger partial charge in [0.1, 0.15) is 0 Å². The van der Waals surface area contributed by atoms with Crippen molar-refractivity contribution in [2.75, 3.05) is 17.2 Å². The van der Waals surface area contributed by atoms with Crippen molar-refractivity contribution in [3.05, 3.63) is 23.8 Å². The molecule has 0 aliphatic heterocycles. The first-order valence-corrected chi connectivity index (χ1v) is 6.97. The largest absolute Gasteiger partial charge is 0.330 e. The van der Waals surface area contributed by atoms with Gasteiger partial charge in [-0.3, -0.25) is 9.59 Å². The van der Waals surface area contributed by atoms with Crippen LogP contribution in [0.15, 0.2) is 18.2 Å². The number of carbonyl (C=O) groups excluding carboxylic acids is 2. The third-order valence-electron chi connectivity index (χ3n) is 2.92. The number of anilines is 2. The molecule has 0 radical (unpaired) electrons. The molecule has 110 valence electrons.